The van der Waals surface area contributed by atoms with Crippen LogP contribution in [0.1, 0.15) is 38.2 Å². The van der Waals surface area contributed by atoms with E-state index >= 15 is 0 Å². The molecule has 1 atom stereocenters. The van der Waals surface area contributed by atoms with E-state index in [-0.39, 0.29) is 41.9 Å². The molecule has 8 nitrogen and oxygen atoms in total. The minimum atomic E-state index is -3.15. The van der Waals surface area contributed by atoms with Crippen molar-refractivity contribution in [3.05, 3.63) is 23.8 Å². The number of sulfone groups is 1. The Hall–Kier alpha value is -2.42. The average molecular weight is 407 g/mol. The minimum absolute atomic E-state index is 0.0458. The highest BCUT2D eigenvalue weighted by atomic mass is 32.2. The van der Waals surface area contributed by atoms with Gasteiger partial charge in [-0.2, -0.15) is 5.10 Å². The molecule has 0 radical (unpaired) electrons. The van der Waals surface area contributed by atoms with E-state index in [0.29, 0.717) is 18.7 Å². The molecule has 2 heterocycles. The molecule has 0 aromatic heterocycles. The molecule has 0 saturated carbocycles. The summed E-state index contributed by atoms with van der Waals surface area (Å²) in [5.41, 5.74) is 1.73. The van der Waals surface area contributed by atoms with Gasteiger partial charge in [-0.3, -0.25) is 9.59 Å². The Kier molecular flexibility index (Phi) is 6.02. The van der Waals surface area contributed by atoms with Gasteiger partial charge in [0.25, 0.3) is 5.91 Å². The highest BCUT2D eigenvalue weighted by Crippen LogP contribution is 2.24. The van der Waals surface area contributed by atoms with Gasteiger partial charge in [-0.15, -0.1) is 0 Å². The van der Waals surface area contributed by atoms with Crippen molar-refractivity contribution in [2.24, 2.45) is 5.10 Å². The number of benzene rings is 1. The van der Waals surface area contributed by atoms with Crippen LogP contribution in [0.15, 0.2) is 23.3 Å². The van der Waals surface area contributed by atoms with Crippen molar-refractivity contribution in [1.82, 2.24) is 5.01 Å². The third kappa shape index (κ3) is 4.70. The number of nitrogens with one attached hydrogen (secondary N) is 1. The average Bonchev–Trinajstić information content (AvgIpc) is 3.02. The van der Waals surface area contributed by atoms with E-state index in [1.165, 1.54) is 5.01 Å². The Morgan fingerprint density at radius 1 is 1.36 bits per heavy atom. The summed E-state index contributed by atoms with van der Waals surface area (Å²) in [6.45, 7) is 4.53. The number of hydrogen-bond acceptors (Lipinski definition) is 6. The fourth-order valence-electron chi connectivity index (χ4n) is 3.27. The Balaban J connectivity index is 1.71. The molecule has 28 heavy (non-hydrogen) atoms. The van der Waals surface area contributed by atoms with Gasteiger partial charge in [0.15, 0.2) is 9.84 Å². The van der Waals surface area contributed by atoms with E-state index in [1.54, 1.807) is 12.1 Å². The third-order valence-electron chi connectivity index (χ3n) is 4.79. The summed E-state index contributed by atoms with van der Waals surface area (Å²) < 4.78 is 29.0. The van der Waals surface area contributed by atoms with Crippen LogP contribution in [0.25, 0.3) is 0 Å². The van der Waals surface area contributed by atoms with E-state index in [4.69, 9.17) is 4.74 Å². The SMILES string of the molecule is CCCOc1ccc(NC(=O)C2=NN(C3CCS(=O)(=O)C3)C(=O)CC2)c(C)c1. The predicted octanol–water partition coefficient (Wildman–Crippen LogP) is 1.89. The molecule has 2 aliphatic heterocycles. The monoisotopic (exact) mass is 407 g/mol. The van der Waals surface area contributed by atoms with E-state index in [2.05, 4.69) is 10.4 Å². The molecule has 1 fully saturated rings. The van der Waals surface area contributed by atoms with Gasteiger partial charge in [0.1, 0.15) is 11.5 Å². The zero-order valence-electron chi connectivity index (χ0n) is 16.1. The van der Waals surface area contributed by atoms with Crippen molar-refractivity contribution < 1.29 is 22.7 Å². The van der Waals surface area contributed by atoms with Crippen LogP contribution < -0.4 is 10.1 Å². The van der Waals surface area contributed by atoms with Gasteiger partial charge in [-0.1, -0.05) is 6.92 Å². The summed E-state index contributed by atoms with van der Waals surface area (Å²) in [4.78, 5) is 24.8. The highest BCUT2D eigenvalue weighted by Gasteiger charge is 2.37. The van der Waals surface area contributed by atoms with E-state index in [0.717, 1.165) is 17.7 Å². The highest BCUT2D eigenvalue weighted by molar-refractivity contribution is 7.91. The molecule has 152 valence electrons. The third-order valence-corrected chi connectivity index (χ3v) is 6.55. The van der Waals surface area contributed by atoms with Crippen molar-refractivity contribution in [2.75, 3.05) is 23.4 Å². The molecule has 1 aromatic carbocycles. The number of rotatable bonds is 6. The van der Waals surface area contributed by atoms with Gasteiger partial charge in [-0.25, -0.2) is 13.4 Å². The maximum atomic E-state index is 12.6. The summed E-state index contributed by atoms with van der Waals surface area (Å²) in [6.07, 6.45) is 1.64. The maximum Gasteiger partial charge on any atom is 0.271 e. The minimum Gasteiger partial charge on any atom is -0.494 e. The van der Waals surface area contributed by atoms with Gasteiger partial charge < -0.3 is 10.1 Å². The lowest BCUT2D eigenvalue weighted by atomic mass is 10.1. The molecule has 2 amide bonds. The smallest absolute Gasteiger partial charge is 0.271 e. The number of aryl methyl sites for hydroxylation is 1. The summed E-state index contributed by atoms with van der Waals surface area (Å²) in [6, 6.07) is 4.93. The molecule has 0 spiro atoms. The topological polar surface area (TPSA) is 105 Å². The molecular weight excluding hydrogens is 382 g/mol. The number of hydrazone groups is 1. The van der Waals surface area contributed by atoms with Crippen molar-refractivity contribution in [2.45, 2.75) is 45.6 Å². The van der Waals surface area contributed by atoms with Gasteiger partial charge in [0, 0.05) is 18.5 Å². The van der Waals surface area contributed by atoms with Crippen LogP contribution in [0.4, 0.5) is 5.69 Å². The zero-order chi connectivity index (χ0) is 20.3. The molecule has 1 N–H and O–H groups in total. The van der Waals surface area contributed by atoms with Crippen LogP contribution in [0.3, 0.4) is 0 Å². The molecule has 2 aliphatic rings. The first-order valence-electron chi connectivity index (χ1n) is 9.44. The molecule has 0 aliphatic carbocycles. The second-order valence-electron chi connectivity index (χ2n) is 7.12. The van der Waals surface area contributed by atoms with Crippen LogP contribution in [0.2, 0.25) is 0 Å². The fourth-order valence-corrected chi connectivity index (χ4v) is 4.96. The molecule has 3 rings (SSSR count). The van der Waals surface area contributed by atoms with E-state index in [1.807, 2.05) is 19.9 Å². The molecule has 0 bridgehead atoms. The Bertz CT molecular complexity index is 910. The molecule has 9 heteroatoms. The van der Waals surface area contributed by atoms with Crippen LogP contribution in [-0.2, 0) is 19.4 Å². The number of ether oxygens (including phenoxy) is 1. The Morgan fingerprint density at radius 2 is 2.14 bits per heavy atom. The second kappa shape index (κ2) is 8.30. The van der Waals surface area contributed by atoms with Crippen LogP contribution in [0.5, 0.6) is 5.75 Å². The number of amides is 2. The quantitative estimate of drug-likeness (QED) is 0.775. The van der Waals surface area contributed by atoms with E-state index in [9.17, 15) is 18.0 Å². The van der Waals surface area contributed by atoms with Crippen LogP contribution in [-0.4, -0.2) is 55.1 Å². The lowest BCUT2D eigenvalue weighted by Crippen LogP contribution is -2.42. The Morgan fingerprint density at radius 3 is 2.79 bits per heavy atom. The molecule has 1 aromatic rings. The van der Waals surface area contributed by atoms with Crippen LogP contribution >= 0.6 is 0 Å². The first-order chi connectivity index (χ1) is 13.3. The Labute approximate surface area is 164 Å². The van der Waals surface area contributed by atoms with Crippen molar-refractivity contribution >= 4 is 33.1 Å². The second-order valence-corrected chi connectivity index (χ2v) is 9.35. The normalized spacial score (nSPS) is 21.4. The fraction of sp³-hybridized carbons (Fsp3) is 0.526. The van der Waals surface area contributed by atoms with Gasteiger partial charge in [-0.05, 0) is 43.5 Å². The van der Waals surface area contributed by atoms with E-state index < -0.39 is 15.9 Å². The van der Waals surface area contributed by atoms with Crippen LogP contribution in [0, 0.1) is 6.92 Å². The molecule has 1 saturated heterocycles. The van der Waals surface area contributed by atoms with Gasteiger partial charge in [0.2, 0.25) is 5.91 Å². The number of carbonyl (C=O) groups is 2. The van der Waals surface area contributed by atoms with Crippen molar-refractivity contribution in [1.29, 1.82) is 0 Å². The van der Waals surface area contributed by atoms with Gasteiger partial charge >= 0.3 is 0 Å². The lowest BCUT2D eigenvalue weighted by molar-refractivity contribution is -0.133. The van der Waals surface area contributed by atoms with Crippen molar-refractivity contribution in [3.8, 4) is 5.75 Å². The largest absolute Gasteiger partial charge is 0.494 e. The zero-order valence-corrected chi connectivity index (χ0v) is 16.9. The summed E-state index contributed by atoms with van der Waals surface area (Å²) >= 11 is 0. The predicted molar refractivity (Wildman–Crippen MR) is 106 cm³/mol. The number of hydrogen-bond donors (Lipinski definition) is 1. The number of carbonyl (C=O) groups excluding carboxylic acids is 2. The first kappa shape index (κ1) is 20.3. The van der Waals surface area contributed by atoms with Gasteiger partial charge in [0.05, 0.1) is 24.2 Å². The van der Waals surface area contributed by atoms with Crippen molar-refractivity contribution in [3.63, 3.8) is 0 Å². The first-order valence-corrected chi connectivity index (χ1v) is 11.3. The summed E-state index contributed by atoms with van der Waals surface area (Å²) in [7, 11) is -3.15. The number of nitrogens with zero attached hydrogens (tertiary/aromatic N) is 2. The lowest BCUT2D eigenvalue weighted by Gasteiger charge is -2.27. The molecule has 1 unspecified atom stereocenters. The summed E-state index contributed by atoms with van der Waals surface area (Å²) in [5.74, 6) is 0.0575. The maximum absolute atomic E-state index is 12.6. The number of anilines is 1. The molecular formula is C19H25N3O5S. The standard InChI is InChI=1S/C19H25N3O5S/c1-3-9-27-15-4-5-16(13(2)11-15)20-19(24)17-6-7-18(23)22(21-17)14-8-10-28(25,26)12-14/h4-5,11,14H,3,6-10,12H2,1-2H3,(H,20,24). The summed E-state index contributed by atoms with van der Waals surface area (Å²) in [5, 5.41) is 8.21.